The summed E-state index contributed by atoms with van der Waals surface area (Å²) >= 11 is 0. The predicted octanol–water partition coefficient (Wildman–Crippen LogP) is 2.74. The molecule has 4 rings (SSSR count). The molecule has 0 saturated heterocycles. The summed E-state index contributed by atoms with van der Waals surface area (Å²) < 4.78 is 15.8. The van der Waals surface area contributed by atoms with Crippen LogP contribution < -0.4 is 14.8 Å². The van der Waals surface area contributed by atoms with Gasteiger partial charge in [0, 0.05) is 18.9 Å². The molecule has 0 atom stereocenters. The summed E-state index contributed by atoms with van der Waals surface area (Å²) in [7, 11) is 0. The van der Waals surface area contributed by atoms with Gasteiger partial charge in [-0.1, -0.05) is 30.5 Å². The maximum atomic E-state index is 12.3. The smallest absolute Gasteiger partial charge is 0.292 e. The van der Waals surface area contributed by atoms with Crippen molar-refractivity contribution in [1.82, 2.24) is 15.5 Å². The minimum Gasteiger partial charge on any atom is -0.454 e. The number of nitrogens with zero attached hydrogens (tertiary/aromatic N) is 2. The van der Waals surface area contributed by atoms with Gasteiger partial charge in [-0.05, 0) is 30.5 Å². The zero-order chi connectivity index (χ0) is 17.3. The maximum Gasteiger partial charge on any atom is 0.292 e. The Morgan fingerprint density at radius 1 is 1.20 bits per heavy atom. The number of carbonyl (C=O) groups is 1. The van der Waals surface area contributed by atoms with Crippen LogP contribution in [0.25, 0.3) is 0 Å². The van der Waals surface area contributed by atoms with Crippen molar-refractivity contribution in [2.45, 2.75) is 44.4 Å². The van der Waals surface area contributed by atoms with Crippen molar-refractivity contribution in [3.05, 3.63) is 35.5 Å². The third-order valence-electron chi connectivity index (χ3n) is 5.11. The molecule has 7 nitrogen and oxygen atoms in total. The van der Waals surface area contributed by atoms with Crippen molar-refractivity contribution in [3.8, 4) is 11.5 Å². The van der Waals surface area contributed by atoms with Crippen molar-refractivity contribution in [1.29, 1.82) is 0 Å². The number of rotatable bonds is 4. The second-order valence-electron chi connectivity index (χ2n) is 6.73. The molecule has 1 amide bonds. The Morgan fingerprint density at radius 3 is 2.76 bits per heavy atom. The molecular formula is C18H21N3O4. The van der Waals surface area contributed by atoms with Crippen molar-refractivity contribution in [2.75, 3.05) is 13.3 Å². The molecule has 1 fully saturated rings. The minimum atomic E-state index is -0.303. The summed E-state index contributed by atoms with van der Waals surface area (Å²) in [6.45, 7) is 2.47. The van der Waals surface area contributed by atoms with Crippen LogP contribution in [0.3, 0.4) is 0 Å². The van der Waals surface area contributed by atoms with Gasteiger partial charge in [0.05, 0.1) is 0 Å². The summed E-state index contributed by atoms with van der Waals surface area (Å²) in [6, 6.07) is 6.10. The summed E-state index contributed by atoms with van der Waals surface area (Å²) in [5, 5.41) is 6.68. The largest absolute Gasteiger partial charge is 0.454 e. The van der Waals surface area contributed by atoms with Gasteiger partial charge in [0.1, 0.15) is 0 Å². The van der Waals surface area contributed by atoms with Gasteiger partial charge in [0.25, 0.3) is 11.7 Å². The van der Waals surface area contributed by atoms with E-state index < -0.39 is 0 Å². The molecule has 2 heterocycles. The van der Waals surface area contributed by atoms with E-state index in [-0.39, 0.29) is 23.9 Å². The Labute approximate surface area is 145 Å². The Kier molecular flexibility index (Phi) is 4.07. The first-order valence-corrected chi connectivity index (χ1v) is 8.65. The van der Waals surface area contributed by atoms with Crippen LogP contribution in [-0.4, -0.2) is 29.4 Å². The van der Waals surface area contributed by atoms with E-state index in [4.69, 9.17) is 14.0 Å². The molecular weight excluding hydrogens is 322 g/mol. The predicted molar refractivity (Wildman–Crippen MR) is 88.7 cm³/mol. The number of benzene rings is 1. The van der Waals surface area contributed by atoms with Gasteiger partial charge in [-0.25, -0.2) is 0 Å². The summed E-state index contributed by atoms with van der Waals surface area (Å²) in [6.07, 6.45) is 5.57. The molecule has 2 aromatic rings. The van der Waals surface area contributed by atoms with Crippen LogP contribution in [0.4, 0.5) is 0 Å². The third-order valence-corrected chi connectivity index (χ3v) is 5.11. The van der Waals surface area contributed by atoms with E-state index in [9.17, 15) is 4.79 Å². The van der Waals surface area contributed by atoms with Crippen LogP contribution in [-0.2, 0) is 5.41 Å². The number of hydrogen-bond donors (Lipinski definition) is 1. The van der Waals surface area contributed by atoms with E-state index in [1.165, 1.54) is 12.0 Å². The molecule has 25 heavy (non-hydrogen) atoms. The topological polar surface area (TPSA) is 86.5 Å². The van der Waals surface area contributed by atoms with Gasteiger partial charge >= 0.3 is 0 Å². The highest BCUT2D eigenvalue weighted by Gasteiger charge is 2.35. The third kappa shape index (κ3) is 3.06. The second kappa shape index (κ2) is 6.38. The fourth-order valence-electron chi connectivity index (χ4n) is 3.74. The molecule has 1 aliphatic heterocycles. The number of aromatic nitrogens is 2. The maximum absolute atomic E-state index is 12.3. The average molecular weight is 343 g/mol. The standard InChI is InChI=1S/C18H21N3O4/c1-12-20-16(21-25-12)17(22)19-10-18(7-3-2-4-8-18)13-5-6-14-15(9-13)24-11-23-14/h5-6,9H,2-4,7-8,10-11H2,1H3,(H,19,22). The molecule has 1 aromatic heterocycles. The van der Waals surface area contributed by atoms with Crippen LogP contribution in [0.5, 0.6) is 11.5 Å². The quantitative estimate of drug-likeness (QED) is 0.918. The normalized spacial score (nSPS) is 18.1. The van der Waals surface area contributed by atoms with Crippen molar-refractivity contribution in [2.24, 2.45) is 0 Å². The summed E-state index contributed by atoms with van der Waals surface area (Å²) in [4.78, 5) is 16.3. The molecule has 0 unspecified atom stereocenters. The lowest BCUT2D eigenvalue weighted by atomic mass is 9.69. The van der Waals surface area contributed by atoms with Gasteiger partial charge in [-0.2, -0.15) is 4.98 Å². The van der Waals surface area contributed by atoms with E-state index in [1.807, 2.05) is 6.07 Å². The number of carbonyl (C=O) groups excluding carboxylic acids is 1. The number of nitrogens with one attached hydrogen (secondary N) is 1. The van der Waals surface area contributed by atoms with E-state index in [0.717, 1.165) is 37.2 Å². The van der Waals surface area contributed by atoms with Crippen LogP contribution in [0, 0.1) is 6.92 Å². The summed E-state index contributed by atoms with van der Waals surface area (Å²) in [5.41, 5.74) is 1.08. The molecule has 0 bridgehead atoms. The van der Waals surface area contributed by atoms with Gasteiger partial charge in [0.2, 0.25) is 12.7 Å². The number of aryl methyl sites for hydroxylation is 1. The molecule has 0 radical (unpaired) electrons. The highest BCUT2D eigenvalue weighted by atomic mass is 16.7. The van der Waals surface area contributed by atoms with Crippen LogP contribution in [0.2, 0.25) is 0 Å². The van der Waals surface area contributed by atoms with Gasteiger partial charge in [-0.3, -0.25) is 4.79 Å². The molecule has 0 spiro atoms. The molecule has 1 aromatic carbocycles. The molecule has 1 N–H and O–H groups in total. The first kappa shape index (κ1) is 15.9. The first-order valence-electron chi connectivity index (χ1n) is 8.65. The highest BCUT2D eigenvalue weighted by molar-refractivity contribution is 5.90. The zero-order valence-corrected chi connectivity index (χ0v) is 14.2. The van der Waals surface area contributed by atoms with Gasteiger partial charge in [-0.15, -0.1) is 0 Å². The second-order valence-corrected chi connectivity index (χ2v) is 6.73. The van der Waals surface area contributed by atoms with Crippen LogP contribution >= 0.6 is 0 Å². The fourth-order valence-corrected chi connectivity index (χ4v) is 3.74. The van der Waals surface area contributed by atoms with Crippen molar-refractivity contribution < 1.29 is 18.8 Å². The number of ether oxygens (including phenoxy) is 2. The SMILES string of the molecule is Cc1nc(C(=O)NCC2(c3ccc4c(c3)OCO4)CCCCC2)no1. The lowest BCUT2D eigenvalue weighted by molar-refractivity contribution is 0.0923. The Hall–Kier alpha value is -2.57. The Morgan fingerprint density at radius 2 is 2.00 bits per heavy atom. The minimum absolute atomic E-state index is 0.0779. The van der Waals surface area contributed by atoms with Crippen LogP contribution in [0.15, 0.2) is 22.7 Å². The molecule has 7 heteroatoms. The molecule has 1 saturated carbocycles. The number of hydrogen-bond acceptors (Lipinski definition) is 6. The van der Waals surface area contributed by atoms with E-state index in [0.29, 0.717) is 12.4 Å². The van der Waals surface area contributed by atoms with Gasteiger partial charge in [0.15, 0.2) is 11.5 Å². The number of amides is 1. The first-order chi connectivity index (χ1) is 12.2. The van der Waals surface area contributed by atoms with Crippen molar-refractivity contribution in [3.63, 3.8) is 0 Å². The fraction of sp³-hybridized carbons (Fsp3) is 0.500. The van der Waals surface area contributed by atoms with Crippen molar-refractivity contribution >= 4 is 5.91 Å². The lowest BCUT2D eigenvalue weighted by Crippen LogP contribution is -2.42. The molecule has 1 aliphatic carbocycles. The highest BCUT2D eigenvalue weighted by Crippen LogP contribution is 2.43. The molecule has 132 valence electrons. The average Bonchev–Trinajstić information content (AvgIpc) is 3.28. The van der Waals surface area contributed by atoms with E-state index in [1.54, 1.807) is 6.92 Å². The summed E-state index contributed by atoms with van der Waals surface area (Å²) in [5.74, 6) is 1.72. The lowest BCUT2D eigenvalue weighted by Gasteiger charge is -2.38. The monoisotopic (exact) mass is 343 g/mol. The van der Waals surface area contributed by atoms with Crippen LogP contribution in [0.1, 0.15) is 54.2 Å². The van der Waals surface area contributed by atoms with E-state index in [2.05, 4.69) is 27.6 Å². The zero-order valence-electron chi connectivity index (χ0n) is 14.2. The Bertz CT molecular complexity index is 780. The van der Waals surface area contributed by atoms with E-state index >= 15 is 0 Å². The number of fused-ring (bicyclic) bond motifs is 1. The Balaban J connectivity index is 1.56. The molecule has 2 aliphatic rings. The van der Waals surface area contributed by atoms with Gasteiger partial charge < -0.3 is 19.3 Å².